The van der Waals surface area contributed by atoms with Crippen LogP contribution in [0.3, 0.4) is 0 Å². The Kier molecular flexibility index (Phi) is 9.54. The zero-order valence-corrected chi connectivity index (χ0v) is 33.2. The Morgan fingerprint density at radius 3 is 1.64 bits per heavy atom. The summed E-state index contributed by atoms with van der Waals surface area (Å²) in [4.78, 5) is 13.8. The van der Waals surface area contributed by atoms with Crippen molar-refractivity contribution in [3.8, 4) is 45.0 Å². The van der Waals surface area contributed by atoms with Crippen LogP contribution in [0.1, 0.15) is 41.5 Å². The van der Waals surface area contributed by atoms with Gasteiger partial charge in [-0.05, 0) is 83.6 Å². The van der Waals surface area contributed by atoms with Crippen LogP contribution < -0.4 is 16.8 Å². The second kappa shape index (κ2) is 14.6. The molecule has 0 unspecified atom stereocenters. The Labute approximate surface area is 334 Å². The number of nitrogens with two attached hydrogens (primary N) is 2. The molecule has 5 heterocycles. The van der Waals surface area contributed by atoms with E-state index in [-0.39, 0.29) is 22.5 Å². The SMILES string of the molecule is CC(C)(C)CNc1cc(-c2c(-c3ccc(F)cc3)nc3occn23)ccc1N.CC(C)(C)Cn1c(N)nc2ccc(-c3c(-c4ccc(F)cc4)nc4occn34)cc21. The number of hydrogen-bond donors (Lipinski definition) is 3. The van der Waals surface area contributed by atoms with Gasteiger partial charge in [0.2, 0.25) is 5.95 Å². The molecule has 4 aromatic carbocycles. The van der Waals surface area contributed by atoms with Crippen molar-refractivity contribution in [2.24, 2.45) is 10.8 Å². The highest BCUT2D eigenvalue weighted by Crippen LogP contribution is 2.38. The second-order valence-corrected chi connectivity index (χ2v) is 16.8. The zero-order valence-electron chi connectivity index (χ0n) is 33.2. The molecule has 0 amide bonds. The summed E-state index contributed by atoms with van der Waals surface area (Å²) in [7, 11) is 0. The van der Waals surface area contributed by atoms with Crippen LogP contribution in [-0.4, -0.2) is 34.9 Å². The van der Waals surface area contributed by atoms with Gasteiger partial charge in [-0.25, -0.2) is 13.8 Å². The predicted octanol–water partition coefficient (Wildman–Crippen LogP) is 10.8. The minimum absolute atomic E-state index is 0.0471. The lowest BCUT2D eigenvalue weighted by Gasteiger charge is -2.21. The molecule has 296 valence electrons. The predicted molar refractivity (Wildman–Crippen MR) is 226 cm³/mol. The molecule has 13 heteroatoms. The van der Waals surface area contributed by atoms with Crippen molar-refractivity contribution in [2.45, 2.75) is 48.1 Å². The van der Waals surface area contributed by atoms with E-state index in [0.717, 1.165) is 74.8 Å². The van der Waals surface area contributed by atoms with Gasteiger partial charge >= 0.3 is 11.7 Å². The molecule has 9 rings (SSSR count). The molecule has 11 nitrogen and oxygen atoms in total. The number of oxazole rings is 2. The van der Waals surface area contributed by atoms with Gasteiger partial charge in [0.05, 0.1) is 33.8 Å². The highest BCUT2D eigenvalue weighted by atomic mass is 19.1. The standard InChI is InChI=1S/C23H22FN5O.C22H23FN4O/c1-23(2,3)13-29-18-12-15(6-9-17(18)26-21(29)25)20-19(14-4-7-16(24)8-5-14)27-22-28(20)10-11-30-22;1-22(2,3)13-25-18-12-15(6-9-17(18)24)20-19(14-4-7-16(23)8-5-14)26-21-27(20)10-11-28-21/h4-12H,13H2,1-3H3,(H2,25,26);4-12,25H,13,24H2,1-3H3. The molecule has 0 saturated heterocycles. The number of anilines is 3. The molecule has 0 saturated carbocycles. The van der Waals surface area contributed by atoms with Crippen LogP contribution in [0.2, 0.25) is 0 Å². The molecule has 0 spiro atoms. The van der Waals surface area contributed by atoms with Gasteiger partial charge < -0.3 is 30.2 Å². The number of nitrogens with zero attached hydrogens (tertiary/aromatic N) is 6. The summed E-state index contributed by atoms with van der Waals surface area (Å²) in [6.07, 6.45) is 6.84. The number of hydrogen-bond acceptors (Lipinski definition) is 8. The second-order valence-electron chi connectivity index (χ2n) is 16.8. The van der Waals surface area contributed by atoms with Crippen LogP contribution in [-0.2, 0) is 6.54 Å². The monoisotopic (exact) mass is 781 g/mol. The van der Waals surface area contributed by atoms with Crippen LogP contribution in [0.15, 0.2) is 119 Å². The molecule has 0 aliphatic rings. The summed E-state index contributed by atoms with van der Waals surface area (Å²) in [5, 5.41) is 3.44. The van der Waals surface area contributed by atoms with Crippen molar-refractivity contribution in [1.29, 1.82) is 0 Å². The van der Waals surface area contributed by atoms with Crippen molar-refractivity contribution < 1.29 is 17.6 Å². The van der Waals surface area contributed by atoms with Gasteiger partial charge in [0.1, 0.15) is 35.5 Å². The molecule has 0 aliphatic carbocycles. The molecule has 0 radical (unpaired) electrons. The van der Waals surface area contributed by atoms with E-state index in [1.807, 2.05) is 56.1 Å². The van der Waals surface area contributed by atoms with Crippen molar-refractivity contribution in [3.05, 3.63) is 121 Å². The van der Waals surface area contributed by atoms with Crippen molar-refractivity contribution in [3.63, 3.8) is 0 Å². The lowest BCUT2D eigenvalue weighted by atomic mass is 9.96. The van der Waals surface area contributed by atoms with E-state index in [4.69, 9.17) is 20.3 Å². The normalized spacial score (nSPS) is 12.1. The fourth-order valence-corrected chi connectivity index (χ4v) is 6.89. The zero-order chi connectivity index (χ0) is 40.9. The van der Waals surface area contributed by atoms with Crippen molar-refractivity contribution in [1.82, 2.24) is 28.3 Å². The Morgan fingerprint density at radius 2 is 1.12 bits per heavy atom. The van der Waals surface area contributed by atoms with Gasteiger partial charge in [-0.3, -0.25) is 8.80 Å². The summed E-state index contributed by atoms with van der Waals surface area (Å²) < 4.78 is 43.7. The first kappa shape index (κ1) is 38.0. The number of nitrogens with one attached hydrogen (secondary N) is 1. The van der Waals surface area contributed by atoms with Crippen molar-refractivity contribution in [2.75, 3.05) is 23.3 Å². The molecule has 0 bridgehead atoms. The summed E-state index contributed by atoms with van der Waals surface area (Å²) in [6.45, 7) is 14.5. The van der Waals surface area contributed by atoms with Gasteiger partial charge in [0.25, 0.3) is 0 Å². The number of halogens is 2. The molecule has 5 aromatic heterocycles. The number of benzene rings is 4. The van der Waals surface area contributed by atoms with Crippen LogP contribution in [0.5, 0.6) is 0 Å². The maximum atomic E-state index is 13.5. The largest absolute Gasteiger partial charge is 0.432 e. The third-order valence-electron chi connectivity index (χ3n) is 9.58. The number of aromatic nitrogens is 6. The van der Waals surface area contributed by atoms with E-state index in [9.17, 15) is 8.78 Å². The van der Waals surface area contributed by atoms with E-state index >= 15 is 0 Å². The Bertz CT molecular complexity index is 2880. The number of nitrogen functional groups attached to an aromatic ring is 2. The first-order valence-corrected chi connectivity index (χ1v) is 18.9. The summed E-state index contributed by atoms with van der Waals surface area (Å²) in [6, 6.07) is 24.5. The molecule has 58 heavy (non-hydrogen) atoms. The van der Waals surface area contributed by atoms with Gasteiger partial charge in [0.15, 0.2) is 0 Å². The third kappa shape index (κ3) is 7.62. The molecular weight excluding hydrogens is 737 g/mol. The highest BCUT2D eigenvalue weighted by Gasteiger charge is 2.22. The van der Waals surface area contributed by atoms with Gasteiger partial charge in [0, 0.05) is 47.7 Å². The quantitative estimate of drug-likeness (QED) is 0.136. The van der Waals surface area contributed by atoms with Crippen LogP contribution in [0.4, 0.5) is 26.1 Å². The maximum Gasteiger partial charge on any atom is 0.306 e. The lowest BCUT2D eigenvalue weighted by Crippen LogP contribution is -2.19. The average Bonchev–Trinajstić information content (AvgIpc) is 4.00. The Balaban J connectivity index is 0.000000162. The fourth-order valence-electron chi connectivity index (χ4n) is 6.89. The Morgan fingerprint density at radius 1 is 0.621 bits per heavy atom. The van der Waals surface area contributed by atoms with E-state index in [0.29, 0.717) is 23.3 Å². The number of imidazole rings is 3. The molecule has 0 atom stereocenters. The smallest absolute Gasteiger partial charge is 0.306 e. The minimum Gasteiger partial charge on any atom is -0.432 e. The van der Waals surface area contributed by atoms with E-state index in [1.54, 1.807) is 36.8 Å². The van der Waals surface area contributed by atoms with E-state index in [1.165, 1.54) is 24.3 Å². The lowest BCUT2D eigenvalue weighted by molar-refractivity contribution is 0.351. The Hall–Kier alpha value is -6.89. The van der Waals surface area contributed by atoms with Gasteiger partial charge in [-0.15, -0.1) is 0 Å². The maximum absolute atomic E-state index is 13.5. The first-order valence-electron chi connectivity index (χ1n) is 18.9. The third-order valence-corrected chi connectivity index (χ3v) is 9.58. The molecule has 0 aliphatic heterocycles. The highest BCUT2D eigenvalue weighted by molar-refractivity contribution is 5.89. The first-order chi connectivity index (χ1) is 27.6. The van der Waals surface area contributed by atoms with E-state index in [2.05, 4.69) is 67.9 Å². The molecular formula is C45H45F2N9O2. The topological polar surface area (TPSA) is 143 Å². The van der Waals surface area contributed by atoms with Crippen LogP contribution in [0.25, 0.3) is 67.8 Å². The van der Waals surface area contributed by atoms with Gasteiger partial charge in [-0.2, -0.15) is 9.97 Å². The summed E-state index contributed by atoms with van der Waals surface area (Å²) in [5.41, 5.74) is 22.7. The molecule has 9 aromatic rings. The summed E-state index contributed by atoms with van der Waals surface area (Å²) >= 11 is 0. The fraction of sp³-hybridized carbons (Fsp3) is 0.222. The summed E-state index contributed by atoms with van der Waals surface area (Å²) in [5.74, 6) is 0.889. The minimum atomic E-state index is -0.286. The van der Waals surface area contributed by atoms with Gasteiger partial charge in [-0.1, -0.05) is 53.7 Å². The number of fused-ring (bicyclic) bond motifs is 3. The average molecular weight is 782 g/mol. The number of rotatable bonds is 7. The molecule has 5 N–H and O–H groups in total. The van der Waals surface area contributed by atoms with Crippen molar-refractivity contribution >= 4 is 40.0 Å². The van der Waals surface area contributed by atoms with E-state index < -0.39 is 0 Å². The molecule has 0 fully saturated rings. The van der Waals surface area contributed by atoms with Crippen LogP contribution >= 0.6 is 0 Å². The van der Waals surface area contributed by atoms with Crippen LogP contribution in [0, 0.1) is 22.5 Å².